The lowest BCUT2D eigenvalue weighted by molar-refractivity contribution is 0.0194. The first-order valence-electron chi connectivity index (χ1n) is 8.49. The van der Waals surface area contributed by atoms with E-state index in [1.807, 2.05) is 51.1 Å². The van der Waals surface area contributed by atoms with Crippen molar-refractivity contribution in [2.75, 3.05) is 13.2 Å². The Bertz CT molecular complexity index is 722. The lowest BCUT2D eigenvalue weighted by Gasteiger charge is -2.30. The fourth-order valence-corrected chi connectivity index (χ4v) is 2.66. The maximum absolute atomic E-state index is 12.2. The summed E-state index contributed by atoms with van der Waals surface area (Å²) in [6, 6.07) is 9.70. The van der Waals surface area contributed by atoms with Gasteiger partial charge < -0.3 is 14.0 Å². The van der Waals surface area contributed by atoms with Crippen molar-refractivity contribution in [1.29, 1.82) is 0 Å². The number of hydrogen-bond acceptors (Lipinski definition) is 5. The first kappa shape index (κ1) is 17.3. The second-order valence-electron chi connectivity index (χ2n) is 7.00. The number of benzene rings is 1. The van der Waals surface area contributed by atoms with Crippen molar-refractivity contribution in [1.82, 2.24) is 19.7 Å². The molecule has 7 nitrogen and oxygen atoms in total. The van der Waals surface area contributed by atoms with E-state index in [4.69, 9.17) is 9.47 Å². The Labute approximate surface area is 147 Å². The summed E-state index contributed by atoms with van der Waals surface area (Å²) < 4.78 is 13.2. The van der Waals surface area contributed by atoms with Crippen LogP contribution in [-0.4, -0.2) is 44.5 Å². The van der Waals surface area contributed by atoms with Crippen molar-refractivity contribution in [2.45, 2.75) is 45.9 Å². The molecule has 1 aromatic heterocycles. The lowest BCUT2D eigenvalue weighted by atomic mass is 10.2. The Hall–Kier alpha value is -2.57. The molecule has 1 aliphatic heterocycles. The van der Waals surface area contributed by atoms with Gasteiger partial charge in [-0.25, -0.2) is 4.79 Å². The van der Waals surface area contributed by atoms with Crippen LogP contribution in [-0.2, 0) is 24.2 Å². The first-order chi connectivity index (χ1) is 11.9. The van der Waals surface area contributed by atoms with Gasteiger partial charge in [0.05, 0.1) is 13.2 Å². The normalized spacial score (nSPS) is 14.1. The minimum absolute atomic E-state index is 0.310. The Balaban J connectivity index is 1.56. The zero-order chi connectivity index (χ0) is 17.9. The molecule has 3 rings (SSSR count). The summed E-state index contributed by atoms with van der Waals surface area (Å²) in [6.45, 7) is 7.81. The van der Waals surface area contributed by atoms with Crippen molar-refractivity contribution >= 4 is 6.09 Å². The Morgan fingerprint density at radius 2 is 1.92 bits per heavy atom. The molecule has 2 aromatic rings. The molecule has 0 aliphatic carbocycles. The number of hydrogen-bond donors (Lipinski definition) is 0. The van der Waals surface area contributed by atoms with E-state index in [0.29, 0.717) is 32.7 Å². The monoisotopic (exact) mass is 344 g/mol. The van der Waals surface area contributed by atoms with Gasteiger partial charge in [-0.3, -0.25) is 4.90 Å². The molecule has 7 heteroatoms. The number of carbonyl (C=O) groups is 1. The molecule has 2 heterocycles. The van der Waals surface area contributed by atoms with Crippen molar-refractivity contribution in [3.8, 4) is 5.75 Å². The summed E-state index contributed by atoms with van der Waals surface area (Å²) in [4.78, 5) is 13.9. The fraction of sp³-hybridized carbons (Fsp3) is 0.500. The maximum atomic E-state index is 12.2. The average Bonchev–Trinajstić information content (AvgIpc) is 2.97. The highest BCUT2D eigenvalue weighted by atomic mass is 16.6. The van der Waals surface area contributed by atoms with Gasteiger partial charge in [0.2, 0.25) is 0 Å². The van der Waals surface area contributed by atoms with Crippen LogP contribution in [0.1, 0.15) is 32.4 Å². The van der Waals surface area contributed by atoms with E-state index in [0.717, 1.165) is 17.4 Å². The van der Waals surface area contributed by atoms with Crippen LogP contribution in [0, 0.1) is 0 Å². The van der Waals surface area contributed by atoms with Gasteiger partial charge in [0, 0.05) is 19.5 Å². The molecule has 0 atom stereocenters. The van der Waals surface area contributed by atoms with Crippen LogP contribution in [0.3, 0.4) is 0 Å². The van der Waals surface area contributed by atoms with E-state index in [2.05, 4.69) is 14.8 Å². The fourth-order valence-electron chi connectivity index (χ4n) is 2.66. The topological polar surface area (TPSA) is 69.5 Å². The van der Waals surface area contributed by atoms with E-state index in [1.165, 1.54) is 0 Å². The molecule has 1 aliphatic rings. The number of fused-ring (bicyclic) bond motifs is 1. The van der Waals surface area contributed by atoms with Crippen molar-refractivity contribution in [3.05, 3.63) is 42.0 Å². The van der Waals surface area contributed by atoms with Gasteiger partial charge in [0.1, 0.15) is 17.2 Å². The summed E-state index contributed by atoms with van der Waals surface area (Å²) in [6.07, 6.45) is 0.365. The number of amides is 1. The van der Waals surface area contributed by atoms with E-state index in [9.17, 15) is 4.79 Å². The predicted octanol–water partition coefficient (Wildman–Crippen LogP) is 2.65. The van der Waals surface area contributed by atoms with Gasteiger partial charge >= 0.3 is 6.09 Å². The van der Waals surface area contributed by atoms with Crippen LogP contribution in [0.4, 0.5) is 4.79 Å². The first-order valence-corrected chi connectivity index (χ1v) is 8.49. The van der Waals surface area contributed by atoms with Gasteiger partial charge in [0.25, 0.3) is 0 Å². The minimum atomic E-state index is -0.498. The third-order valence-electron chi connectivity index (χ3n) is 3.82. The summed E-state index contributed by atoms with van der Waals surface area (Å²) in [5, 5.41) is 8.47. The molecule has 0 radical (unpaired) electrons. The average molecular weight is 344 g/mol. The standard InChI is InChI=1S/C18H24N4O3/c1-18(2,3)25-17(23)21-10-11-22-15(19-20-16(22)13-21)9-12-24-14-7-5-4-6-8-14/h4-8H,9-13H2,1-3H3. The zero-order valence-electron chi connectivity index (χ0n) is 14.9. The van der Waals surface area contributed by atoms with Gasteiger partial charge in [-0.05, 0) is 32.9 Å². The van der Waals surface area contributed by atoms with Crippen LogP contribution >= 0.6 is 0 Å². The molecular formula is C18H24N4O3. The van der Waals surface area contributed by atoms with E-state index in [-0.39, 0.29) is 6.09 Å². The Morgan fingerprint density at radius 1 is 1.16 bits per heavy atom. The highest BCUT2D eigenvalue weighted by molar-refractivity contribution is 5.68. The van der Waals surface area contributed by atoms with E-state index in [1.54, 1.807) is 4.90 Å². The molecule has 0 bridgehead atoms. The highest BCUT2D eigenvalue weighted by Gasteiger charge is 2.27. The van der Waals surface area contributed by atoms with Crippen molar-refractivity contribution < 1.29 is 14.3 Å². The SMILES string of the molecule is CC(C)(C)OC(=O)N1CCn2c(CCOc3ccccc3)nnc2C1. The summed E-state index contributed by atoms with van der Waals surface area (Å²) in [5.74, 6) is 2.51. The number of rotatable bonds is 4. The third kappa shape index (κ3) is 4.49. The number of carbonyl (C=O) groups excluding carboxylic acids is 1. The van der Waals surface area contributed by atoms with Crippen molar-refractivity contribution in [2.24, 2.45) is 0 Å². The summed E-state index contributed by atoms with van der Waals surface area (Å²) in [5.41, 5.74) is -0.498. The van der Waals surface area contributed by atoms with Crippen LogP contribution in [0.2, 0.25) is 0 Å². The number of ether oxygens (including phenoxy) is 2. The van der Waals surface area contributed by atoms with Gasteiger partial charge in [-0.15, -0.1) is 10.2 Å². The third-order valence-corrected chi connectivity index (χ3v) is 3.82. The molecule has 0 saturated carbocycles. The zero-order valence-corrected chi connectivity index (χ0v) is 14.9. The molecule has 0 N–H and O–H groups in total. The molecule has 0 fully saturated rings. The number of aromatic nitrogens is 3. The minimum Gasteiger partial charge on any atom is -0.493 e. The molecule has 25 heavy (non-hydrogen) atoms. The molecule has 134 valence electrons. The van der Waals surface area contributed by atoms with Crippen LogP contribution in [0.25, 0.3) is 0 Å². The number of nitrogens with zero attached hydrogens (tertiary/aromatic N) is 4. The molecule has 0 spiro atoms. The van der Waals surface area contributed by atoms with Gasteiger partial charge in [-0.2, -0.15) is 0 Å². The highest BCUT2D eigenvalue weighted by Crippen LogP contribution is 2.17. The second kappa shape index (κ2) is 7.13. The number of para-hydroxylation sites is 1. The summed E-state index contributed by atoms with van der Waals surface area (Å²) >= 11 is 0. The summed E-state index contributed by atoms with van der Waals surface area (Å²) in [7, 11) is 0. The largest absolute Gasteiger partial charge is 0.493 e. The van der Waals surface area contributed by atoms with Crippen molar-refractivity contribution in [3.63, 3.8) is 0 Å². The Kier molecular flexibility index (Phi) is 4.92. The van der Waals surface area contributed by atoms with E-state index >= 15 is 0 Å². The maximum Gasteiger partial charge on any atom is 0.410 e. The molecule has 0 saturated heterocycles. The second-order valence-corrected chi connectivity index (χ2v) is 7.00. The Morgan fingerprint density at radius 3 is 2.64 bits per heavy atom. The molecule has 1 aromatic carbocycles. The molecule has 1 amide bonds. The van der Waals surface area contributed by atoms with E-state index < -0.39 is 5.60 Å². The van der Waals surface area contributed by atoms with Gasteiger partial charge in [0.15, 0.2) is 5.82 Å². The molecular weight excluding hydrogens is 320 g/mol. The lowest BCUT2D eigenvalue weighted by Crippen LogP contribution is -2.41. The molecule has 0 unspecified atom stereocenters. The van der Waals surface area contributed by atoms with Crippen LogP contribution in [0.5, 0.6) is 5.75 Å². The quantitative estimate of drug-likeness (QED) is 0.853. The van der Waals surface area contributed by atoms with Crippen LogP contribution < -0.4 is 4.74 Å². The predicted molar refractivity (Wildman–Crippen MR) is 92.3 cm³/mol. The van der Waals surface area contributed by atoms with Crippen LogP contribution in [0.15, 0.2) is 30.3 Å². The van der Waals surface area contributed by atoms with Gasteiger partial charge in [-0.1, -0.05) is 18.2 Å². The smallest absolute Gasteiger partial charge is 0.410 e.